The maximum absolute atomic E-state index is 10.5. The second kappa shape index (κ2) is 16.3. The van der Waals surface area contributed by atoms with Gasteiger partial charge in [-0.2, -0.15) is 29.8 Å². The number of nitrogens with zero attached hydrogens (tertiary/aromatic N) is 10. The highest BCUT2D eigenvalue weighted by Gasteiger charge is 2.19. The maximum atomic E-state index is 10.5. The summed E-state index contributed by atoms with van der Waals surface area (Å²) in [5.74, 6) is 1.47. The fourth-order valence-electron chi connectivity index (χ4n) is 5.42. The van der Waals surface area contributed by atoms with Gasteiger partial charge in [0.15, 0.2) is 11.6 Å². The predicted molar refractivity (Wildman–Crippen MR) is 207 cm³/mol. The summed E-state index contributed by atoms with van der Waals surface area (Å²) in [6.07, 6.45) is 0.496. The van der Waals surface area contributed by atoms with Crippen LogP contribution in [0.2, 0.25) is 0 Å². The minimum absolute atomic E-state index is 0.0579. The van der Waals surface area contributed by atoms with E-state index in [1.54, 1.807) is 125 Å². The first-order valence-corrected chi connectivity index (χ1v) is 16.8. The number of benzene rings is 4. The topological polar surface area (TPSA) is 216 Å². The molecule has 16 heteroatoms. The van der Waals surface area contributed by atoms with Gasteiger partial charge in [0.1, 0.15) is 23.0 Å². The van der Waals surface area contributed by atoms with Crippen molar-refractivity contribution in [1.82, 2.24) is 29.7 Å². The Morgan fingerprint density at radius 1 is 0.463 bits per heavy atom. The molecule has 0 bridgehead atoms. The average molecular weight is 727 g/mol. The highest BCUT2D eigenvalue weighted by Crippen LogP contribution is 2.22. The molecular formula is C38H38N12O4. The lowest BCUT2D eigenvalue weighted by molar-refractivity contribution is 0.473. The number of hydrazone groups is 2. The molecule has 0 aliphatic carbocycles. The third-order valence-electron chi connectivity index (χ3n) is 8.31. The Labute approximate surface area is 310 Å². The zero-order valence-electron chi connectivity index (χ0n) is 29.9. The van der Waals surface area contributed by atoms with Crippen LogP contribution >= 0.6 is 0 Å². The molecule has 0 atom stereocenters. The summed E-state index contributed by atoms with van der Waals surface area (Å²) in [5.41, 5.74) is 9.88. The van der Waals surface area contributed by atoms with Gasteiger partial charge in [0.2, 0.25) is 0 Å². The molecule has 2 heterocycles. The van der Waals surface area contributed by atoms with Crippen LogP contribution in [-0.2, 0) is 12.8 Å². The van der Waals surface area contributed by atoms with E-state index in [0.29, 0.717) is 56.7 Å². The third kappa shape index (κ3) is 8.23. The molecule has 54 heavy (non-hydrogen) atoms. The number of para-hydroxylation sites is 4. The van der Waals surface area contributed by atoms with Crippen molar-refractivity contribution in [3.05, 3.63) is 131 Å². The van der Waals surface area contributed by atoms with Gasteiger partial charge in [0.25, 0.3) is 11.9 Å². The first kappa shape index (κ1) is 36.4. The average Bonchev–Trinajstić information content (AvgIpc) is 3.74. The molecule has 6 rings (SSSR count). The largest absolute Gasteiger partial charge is 0.507 e. The number of phenols is 4. The van der Waals surface area contributed by atoms with E-state index in [9.17, 15) is 20.4 Å². The van der Waals surface area contributed by atoms with Crippen LogP contribution in [0.5, 0.6) is 23.0 Å². The summed E-state index contributed by atoms with van der Waals surface area (Å²) in [7, 11) is 0. The van der Waals surface area contributed by atoms with Gasteiger partial charge in [-0.1, -0.05) is 48.5 Å². The first-order chi connectivity index (χ1) is 26.1. The van der Waals surface area contributed by atoms with Gasteiger partial charge in [0.05, 0.1) is 22.8 Å². The van der Waals surface area contributed by atoms with Crippen molar-refractivity contribution in [2.45, 2.75) is 40.5 Å². The van der Waals surface area contributed by atoms with Gasteiger partial charge in [-0.25, -0.2) is 10.9 Å². The Morgan fingerprint density at radius 3 is 1.07 bits per heavy atom. The van der Waals surface area contributed by atoms with E-state index in [-0.39, 0.29) is 47.7 Å². The minimum atomic E-state index is 0.0579. The summed E-state index contributed by atoms with van der Waals surface area (Å²) >= 11 is 0. The highest BCUT2D eigenvalue weighted by atomic mass is 16.3. The Hall–Kier alpha value is -7.36. The minimum Gasteiger partial charge on any atom is -0.507 e. The molecule has 0 saturated heterocycles. The number of anilines is 2. The maximum Gasteiger partial charge on any atom is 0.266 e. The summed E-state index contributed by atoms with van der Waals surface area (Å²) < 4.78 is 2.97. The smallest absolute Gasteiger partial charge is 0.266 e. The molecule has 0 amide bonds. The fourth-order valence-corrected chi connectivity index (χ4v) is 5.42. The van der Waals surface area contributed by atoms with Gasteiger partial charge in [0, 0.05) is 35.1 Å². The van der Waals surface area contributed by atoms with Gasteiger partial charge in [-0.15, -0.1) is 20.4 Å². The first-order valence-electron chi connectivity index (χ1n) is 16.8. The quantitative estimate of drug-likeness (QED) is 0.0631. The molecule has 6 aromatic rings. The second-order valence-corrected chi connectivity index (χ2v) is 12.1. The lowest BCUT2D eigenvalue weighted by Crippen LogP contribution is -2.11. The molecule has 274 valence electrons. The van der Waals surface area contributed by atoms with Gasteiger partial charge in [-0.3, -0.25) is 0 Å². The number of rotatable bonds is 13. The van der Waals surface area contributed by atoms with E-state index in [4.69, 9.17) is 10.2 Å². The van der Waals surface area contributed by atoms with Crippen molar-refractivity contribution in [3.8, 4) is 23.0 Å². The molecule has 16 nitrogen and oxygen atoms in total. The fraction of sp³-hybridized carbons (Fsp3) is 0.158. The molecule has 0 aliphatic rings. The van der Waals surface area contributed by atoms with E-state index in [0.717, 1.165) is 0 Å². The summed E-state index contributed by atoms with van der Waals surface area (Å²) in [5, 5.41) is 77.5. The zero-order valence-corrected chi connectivity index (χ0v) is 29.9. The molecule has 0 saturated carbocycles. The van der Waals surface area contributed by atoms with Crippen LogP contribution in [0, 0.1) is 0 Å². The highest BCUT2D eigenvalue weighted by molar-refractivity contribution is 6.03. The number of hydrogen-bond donors (Lipinski definition) is 6. The Kier molecular flexibility index (Phi) is 11.0. The lowest BCUT2D eigenvalue weighted by Gasteiger charge is -2.10. The van der Waals surface area contributed by atoms with Crippen molar-refractivity contribution >= 4 is 34.7 Å². The van der Waals surface area contributed by atoms with Crippen LogP contribution in [0.1, 0.15) is 61.6 Å². The van der Waals surface area contributed by atoms with E-state index < -0.39 is 0 Å². The molecule has 0 spiro atoms. The van der Waals surface area contributed by atoms with E-state index in [2.05, 4.69) is 41.4 Å². The summed E-state index contributed by atoms with van der Waals surface area (Å²) in [6.45, 7) is 6.98. The Bertz CT molecular complexity index is 2240. The van der Waals surface area contributed by atoms with E-state index >= 15 is 0 Å². The molecule has 0 unspecified atom stereocenters. The normalized spacial score (nSPS) is 12.6. The van der Waals surface area contributed by atoms with Gasteiger partial charge in [-0.05, 0) is 76.2 Å². The van der Waals surface area contributed by atoms with Crippen LogP contribution in [0.4, 0.5) is 11.9 Å². The zero-order chi connectivity index (χ0) is 38.2. The predicted octanol–water partition coefficient (Wildman–Crippen LogP) is 5.69. The molecule has 6 N–H and O–H groups in total. The van der Waals surface area contributed by atoms with Crippen LogP contribution in [0.15, 0.2) is 117 Å². The Morgan fingerprint density at radius 2 is 0.759 bits per heavy atom. The summed E-state index contributed by atoms with van der Waals surface area (Å²) in [4.78, 5) is 0. The van der Waals surface area contributed by atoms with Crippen LogP contribution < -0.4 is 10.9 Å². The standard InChI is InChI=1S/C38H38N12O4/c1-23(27-13-5-9-17-31(27)51)39-43-37-45-41-35(49(37)47-25(3)29-15-7-11-19-33(29)53)21-22-36-42-46-38(44-40-24(2)28-14-6-10-18-32(28)52)50(36)48-26(4)30-16-8-12-20-34(30)54/h5-20,51-54H,21-22H2,1-4H3,(H,43,45)(H,44,46)/b39-23+,40-24+,47-25+,48-26+. The molecule has 2 aromatic heterocycles. The SMILES string of the molecule is C/C(=N\Nc1nnc(CCc2nnc(N/N=C(\C)c3ccccc3O)n2/N=C(\C)c2ccccc2O)n1/N=C(\C)c1ccccc1O)c1ccccc1O. The molecular weight excluding hydrogens is 688 g/mol. The number of nitrogens with one attached hydrogen (secondary N) is 2. The number of aryl methyl sites for hydroxylation is 2. The summed E-state index contributed by atoms with van der Waals surface area (Å²) in [6, 6.07) is 27.4. The van der Waals surface area contributed by atoms with Crippen LogP contribution in [0.3, 0.4) is 0 Å². The van der Waals surface area contributed by atoms with Crippen molar-refractivity contribution in [2.24, 2.45) is 20.4 Å². The van der Waals surface area contributed by atoms with Gasteiger partial charge < -0.3 is 20.4 Å². The lowest BCUT2D eigenvalue weighted by atomic mass is 10.1. The van der Waals surface area contributed by atoms with E-state index in [1.807, 2.05) is 0 Å². The van der Waals surface area contributed by atoms with Gasteiger partial charge >= 0.3 is 0 Å². The molecule has 4 aromatic carbocycles. The monoisotopic (exact) mass is 726 g/mol. The number of phenolic OH excluding ortho intramolecular Hbond substituents is 4. The molecule has 0 radical (unpaired) electrons. The number of hydrogen-bond acceptors (Lipinski definition) is 14. The second-order valence-electron chi connectivity index (χ2n) is 12.1. The van der Waals surface area contributed by atoms with Crippen molar-refractivity contribution < 1.29 is 20.4 Å². The van der Waals surface area contributed by atoms with E-state index in [1.165, 1.54) is 9.35 Å². The van der Waals surface area contributed by atoms with Crippen molar-refractivity contribution in [3.63, 3.8) is 0 Å². The van der Waals surface area contributed by atoms with Crippen molar-refractivity contribution in [1.29, 1.82) is 0 Å². The molecule has 0 aliphatic heterocycles. The third-order valence-corrected chi connectivity index (χ3v) is 8.31. The molecule has 0 fully saturated rings. The van der Waals surface area contributed by atoms with Crippen molar-refractivity contribution in [2.75, 3.05) is 10.9 Å². The number of aromatic nitrogens is 6. The number of aromatic hydroxyl groups is 4. The van der Waals surface area contributed by atoms with Crippen LogP contribution in [0.25, 0.3) is 0 Å². The Balaban J connectivity index is 1.35. The van der Waals surface area contributed by atoms with Crippen LogP contribution in [-0.4, -0.2) is 73.0 Å².